The van der Waals surface area contributed by atoms with E-state index >= 15 is 0 Å². The molecule has 5 nitrogen and oxygen atoms in total. The number of hydrogen-bond acceptors (Lipinski definition) is 4. The summed E-state index contributed by atoms with van der Waals surface area (Å²) in [6.45, 7) is 3.26. The van der Waals surface area contributed by atoms with E-state index in [1.807, 2.05) is 23.3 Å². The van der Waals surface area contributed by atoms with E-state index in [1.54, 1.807) is 0 Å². The summed E-state index contributed by atoms with van der Waals surface area (Å²) in [6.07, 6.45) is 3.73. The first-order chi connectivity index (χ1) is 9.43. The second-order valence-corrected chi connectivity index (χ2v) is 4.67. The summed E-state index contributed by atoms with van der Waals surface area (Å²) in [5.41, 5.74) is 2.12. The third kappa shape index (κ3) is 1.66. The highest BCUT2D eigenvalue weighted by Gasteiger charge is 2.15. The van der Waals surface area contributed by atoms with Crippen molar-refractivity contribution in [1.29, 1.82) is 0 Å². The second kappa shape index (κ2) is 4.20. The van der Waals surface area contributed by atoms with Crippen LogP contribution in [0.25, 0.3) is 21.8 Å². The van der Waals surface area contributed by atoms with E-state index in [0.29, 0.717) is 0 Å². The molecule has 0 N–H and O–H groups in total. The lowest BCUT2D eigenvalue weighted by Crippen LogP contribution is -2.44. The van der Waals surface area contributed by atoms with Crippen molar-refractivity contribution >= 4 is 21.8 Å². The fraction of sp³-hybridized carbons (Fsp3) is 0.286. The molecular weight excluding hydrogens is 240 g/mol. The first-order valence-electron chi connectivity index (χ1n) is 6.48. The Labute approximate surface area is 110 Å². The maximum absolute atomic E-state index is 5.38. The van der Waals surface area contributed by atoms with Crippen molar-refractivity contribution in [2.24, 2.45) is 0 Å². The Morgan fingerprint density at radius 2 is 2.00 bits per heavy atom. The van der Waals surface area contributed by atoms with Gasteiger partial charge in [-0.3, -0.25) is 9.99 Å². The zero-order chi connectivity index (χ0) is 12.7. The number of rotatable bonds is 1. The maximum atomic E-state index is 5.38. The van der Waals surface area contributed by atoms with Crippen LogP contribution in [0.2, 0.25) is 0 Å². The fourth-order valence-corrected chi connectivity index (χ4v) is 2.60. The minimum atomic E-state index is 0.757. The van der Waals surface area contributed by atoms with Crippen LogP contribution in [-0.4, -0.2) is 41.2 Å². The molecule has 5 heteroatoms. The van der Waals surface area contributed by atoms with Gasteiger partial charge in [0.05, 0.1) is 43.5 Å². The highest BCUT2D eigenvalue weighted by Crippen LogP contribution is 2.23. The van der Waals surface area contributed by atoms with E-state index in [1.165, 1.54) is 0 Å². The van der Waals surface area contributed by atoms with Crippen LogP contribution in [0, 0.1) is 0 Å². The molecular formula is C14H14N4O. The number of morpholine rings is 1. The Kier molecular flexibility index (Phi) is 2.38. The van der Waals surface area contributed by atoms with Crippen LogP contribution < -0.4 is 5.01 Å². The standard InChI is InChI=1S/C14H14N4O/c1-2-11-3-4-13-12(14(11)15-5-1)10-16-18(13)17-6-8-19-9-7-17/h1-5,10H,6-9H2. The molecule has 0 bridgehead atoms. The number of nitrogens with zero attached hydrogens (tertiary/aromatic N) is 4. The summed E-state index contributed by atoms with van der Waals surface area (Å²) in [7, 11) is 0. The Balaban J connectivity index is 1.91. The summed E-state index contributed by atoms with van der Waals surface area (Å²) in [5.74, 6) is 0. The lowest BCUT2D eigenvalue weighted by Gasteiger charge is -2.28. The number of pyridine rings is 1. The van der Waals surface area contributed by atoms with Crippen LogP contribution in [0.5, 0.6) is 0 Å². The van der Waals surface area contributed by atoms with E-state index in [0.717, 1.165) is 48.1 Å². The van der Waals surface area contributed by atoms with Gasteiger partial charge in [0.15, 0.2) is 0 Å². The molecule has 1 aliphatic heterocycles. The van der Waals surface area contributed by atoms with E-state index < -0.39 is 0 Å². The Morgan fingerprint density at radius 3 is 2.89 bits per heavy atom. The van der Waals surface area contributed by atoms with Crippen LogP contribution in [0.1, 0.15) is 0 Å². The summed E-state index contributed by atoms with van der Waals surface area (Å²) in [5, 5.41) is 8.98. The smallest absolute Gasteiger partial charge is 0.0942 e. The van der Waals surface area contributed by atoms with Crippen molar-refractivity contribution in [1.82, 2.24) is 14.9 Å². The molecule has 0 saturated carbocycles. The molecule has 96 valence electrons. The van der Waals surface area contributed by atoms with E-state index in [4.69, 9.17) is 4.74 Å². The monoisotopic (exact) mass is 254 g/mol. The van der Waals surface area contributed by atoms with Crippen molar-refractivity contribution in [3.8, 4) is 0 Å². The zero-order valence-electron chi connectivity index (χ0n) is 10.5. The number of fused-ring (bicyclic) bond motifs is 3. The first kappa shape index (κ1) is 10.8. The molecule has 0 unspecified atom stereocenters. The van der Waals surface area contributed by atoms with Gasteiger partial charge in [-0.1, -0.05) is 12.1 Å². The lowest BCUT2D eigenvalue weighted by atomic mass is 10.1. The molecule has 1 saturated heterocycles. The third-order valence-corrected chi connectivity index (χ3v) is 3.56. The van der Waals surface area contributed by atoms with Gasteiger partial charge in [-0.2, -0.15) is 9.89 Å². The van der Waals surface area contributed by atoms with Crippen molar-refractivity contribution in [3.05, 3.63) is 36.7 Å². The van der Waals surface area contributed by atoms with Crippen LogP contribution in [0.4, 0.5) is 0 Å². The third-order valence-electron chi connectivity index (χ3n) is 3.56. The van der Waals surface area contributed by atoms with Crippen molar-refractivity contribution in [2.75, 3.05) is 31.3 Å². The Morgan fingerprint density at radius 1 is 1.11 bits per heavy atom. The molecule has 3 aromatic rings. The molecule has 0 amide bonds. The van der Waals surface area contributed by atoms with Gasteiger partial charge in [0.1, 0.15) is 0 Å². The average Bonchev–Trinajstić information content (AvgIpc) is 2.92. The predicted octanol–water partition coefficient (Wildman–Crippen LogP) is 1.55. The van der Waals surface area contributed by atoms with Gasteiger partial charge in [0.2, 0.25) is 0 Å². The SMILES string of the molecule is c1cnc2c(c1)ccc1c2cnn1N1CCOCC1. The molecule has 4 rings (SSSR count). The van der Waals surface area contributed by atoms with Crippen LogP contribution >= 0.6 is 0 Å². The number of ether oxygens (including phenoxy) is 1. The molecule has 1 fully saturated rings. The van der Waals surface area contributed by atoms with Crippen LogP contribution in [0.3, 0.4) is 0 Å². The summed E-state index contributed by atoms with van der Waals surface area (Å²) < 4.78 is 5.38. The van der Waals surface area contributed by atoms with Gasteiger partial charge in [-0.05, 0) is 12.1 Å². The maximum Gasteiger partial charge on any atom is 0.0942 e. The van der Waals surface area contributed by atoms with E-state index in [9.17, 15) is 0 Å². The molecule has 0 radical (unpaired) electrons. The van der Waals surface area contributed by atoms with Gasteiger partial charge in [0.25, 0.3) is 0 Å². The molecule has 0 aliphatic carbocycles. The largest absolute Gasteiger partial charge is 0.378 e. The van der Waals surface area contributed by atoms with E-state index in [-0.39, 0.29) is 0 Å². The predicted molar refractivity (Wildman–Crippen MR) is 73.8 cm³/mol. The molecule has 1 aliphatic rings. The minimum absolute atomic E-state index is 0.757. The molecule has 19 heavy (non-hydrogen) atoms. The quantitative estimate of drug-likeness (QED) is 0.661. The van der Waals surface area contributed by atoms with Crippen LogP contribution in [-0.2, 0) is 4.74 Å². The molecule has 2 aromatic heterocycles. The van der Waals surface area contributed by atoms with Gasteiger partial charge in [-0.15, -0.1) is 0 Å². The first-order valence-corrected chi connectivity index (χ1v) is 6.48. The number of benzene rings is 1. The Bertz CT molecular complexity index is 730. The Hall–Kier alpha value is -2.14. The average molecular weight is 254 g/mol. The highest BCUT2D eigenvalue weighted by atomic mass is 16.5. The fourth-order valence-electron chi connectivity index (χ4n) is 2.60. The summed E-state index contributed by atoms with van der Waals surface area (Å²) in [6, 6.07) is 8.25. The molecule has 1 aromatic carbocycles. The minimum Gasteiger partial charge on any atom is -0.378 e. The topological polar surface area (TPSA) is 43.2 Å². The van der Waals surface area contributed by atoms with Gasteiger partial charge < -0.3 is 4.74 Å². The molecule has 0 spiro atoms. The normalized spacial score (nSPS) is 16.3. The summed E-state index contributed by atoms with van der Waals surface area (Å²) >= 11 is 0. The van der Waals surface area contributed by atoms with Gasteiger partial charge in [0, 0.05) is 17.0 Å². The van der Waals surface area contributed by atoms with E-state index in [2.05, 4.69) is 33.3 Å². The van der Waals surface area contributed by atoms with Gasteiger partial charge in [-0.25, -0.2) is 0 Å². The van der Waals surface area contributed by atoms with Crippen molar-refractivity contribution in [2.45, 2.75) is 0 Å². The number of aromatic nitrogens is 3. The van der Waals surface area contributed by atoms with Crippen LogP contribution in [0.15, 0.2) is 36.7 Å². The molecule has 0 atom stereocenters. The zero-order valence-corrected chi connectivity index (χ0v) is 10.5. The lowest BCUT2D eigenvalue weighted by molar-refractivity contribution is 0.110. The van der Waals surface area contributed by atoms with Crippen molar-refractivity contribution in [3.63, 3.8) is 0 Å². The highest BCUT2D eigenvalue weighted by molar-refractivity contribution is 6.03. The second-order valence-electron chi connectivity index (χ2n) is 4.67. The number of hydrogen-bond donors (Lipinski definition) is 0. The van der Waals surface area contributed by atoms with Crippen molar-refractivity contribution < 1.29 is 4.74 Å². The van der Waals surface area contributed by atoms with Gasteiger partial charge >= 0.3 is 0 Å². The summed E-state index contributed by atoms with van der Waals surface area (Å²) in [4.78, 5) is 6.45. The molecule has 3 heterocycles.